The molecule has 136 valence electrons. The molecule has 0 aliphatic carbocycles. The number of rotatable bonds is 8. The van der Waals surface area contributed by atoms with Crippen molar-refractivity contribution in [1.29, 1.82) is 0 Å². The number of nitrogens with zero attached hydrogens (tertiary/aromatic N) is 3. The number of nitrogens with one attached hydrogen (secondary N) is 1. The van der Waals surface area contributed by atoms with Crippen molar-refractivity contribution in [3.05, 3.63) is 48.0 Å². The monoisotopic (exact) mass is 356 g/mol. The third-order valence-electron chi connectivity index (χ3n) is 3.54. The fraction of sp³-hybridized carbons (Fsp3) is 0.417. The summed E-state index contributed by atoms with van der Waals surface area (Å²) in [4.78, 5) is 39.5. The van der Waals surface area contributed by atoms with Gasteiger partial charge in [0.15, 0.2) is 21.2 Å². The number of carbonyl (C=O) groups is 1. The first-order chi connectivity index (χ1) is 11.5. The maximum Gasteiger partial charge on any atom is 0.699 e. The lowest BCUT2D eigenvalue weighted by Crippen LogP contribution is -2.53. The summed E-state index contributed by atoms with van der Waals surface area (Å²) < 4.78 is 0. The predicted molar refractivity (Wildman–Crippen MR) is 86.2 cm³/mol. The van der Waals surface area contributed by atoms with Crippen LogP contribution in [-0.4, -0.2) is 26.5 Å². The smallest absolute Gasteiger partial charge is 0.399 e. The molecule has 0 bridgehead atoms. The Morgan fingerprint density at radius 3 is 2.12 bits per heavy atom. The van der Waals surface area contributed by atoms with Gasteiger partial charge < -0.3 is 16.8 Å². The Bertz CT molecular complexity index is 699. The molecule has 13 nitrogen and oxygen atoms in total. The number of hydrogen-bond donors (Lipinski definition) is 3. The van der Waals surface area contributed by atoms with E-state index in [0.717, 1.165) is 0 Å². The largest absolute Gasteiger partial charge is 0.699 e. The zero-order valence-electron chi connectivity index (χ0n) is 13.1. The van der Waals surface area contributed by atoms with Gasteiger partial charge in [-0.25, -0.2) is 0 Å². The lowest BCUT2D eigenvalue weighted by molar-refractivity contribution is -0.970. The predicted octanol–water partition coefficient (Wildman–Crippen LogP) is 0.752. The Kier molecular flexibility index (Phi) is 5.76. The van der Waals surface area contributed by atoms with E-state index in [0.29, 0.717) is 22.6 Å². The summed E-state index contributed by atoms with van der Waals surface area (Å²) in [6.45, 7) is 1.63. The zero-order valence-corrected chi connectivity index (χ0v) is 13.1. The van der Waals surface area contributed by atoms with Crippen molar-refractivity contribution >= 4 is 23.0 Å². The molecule has 1 aromatic rings. The molecule has 0 radical (unpaired) electrons. The van der Waals surface area contributed by atoms with Crippen LogP contribution in [0.5, 0.6) is 0 Å². The molecule has 0 heterocycles. The van der Waals surface area contributed by atoms with Crippen LogP contribution in [-0.2, 0) is 4.79 Å². The quantitative estimate of drug-likeness (QED) is 0.259. The standard InChI is InChI=1S/C12H16N6O7/c1-7-9(14)5-8(13)6-10(7)15-11(19)3-2-4-12(16(20)21,17(22)23)18(24)25/h5-6H,2-4,13-14H2,1H3,(H,15,19). The highest BCUT2D eigenvalue weighted by atomic mass is 16.7. The van der Waals surface area contributed by atoms with Gasteiger partial charge in [0.1, 0.15) is 0 Å². The number of anilines is 3. The van der Waals surface area contributed by atoms with Gasteiger partial charge in [0.05, 0.1) is 0 Å². The van der Waals surface area contributed by atoms with Crippen LogP contribution in [0.1, 0.15) is 24.8 Å². The second-order valence-corrected chi connectivity index (χ2v) is 5.23. The molecule has 0 aliphatic rings. The van der Waals surface area contributed by atoms with E-state index < -0.39 is 45.7 Å². The second-order valence-electron chi connectivity index (χ2n) is 5.23. The van der Waals surface area contributed by atoms with Gasteiger partial charge in [-0.05, 0) is 31.0 Å². The van der Waals surface area contributed by atoms with E-state index in [1.165, 1.54) is 12.1 Å². The number of nitrogen functional groups attached to an aromatic ring is 2. The number of nitro groups is 3. The molecule has 0 spiro atoms. The van der Waals surface area contributed by atoms with E-state index in [1.807, 2.05) is 0 Å². The second kappa shape index (κ2) is 7.37. The molecule has 0 aromatic heterocycles. The van der Waals surface area contributed by atoms with E-state index in [1.54, 1.807) is 6.92 Å². The van der Waals surface area contributed by atoms with Gasteiger partial charge in [0.25, 0.3) is 0 Å². The highest BCUT2D eigenvalue weighted by molar-refractivity contribution is 5.93. The summed E-state index contributed by atoms with van der Waals surface area (Å²) in [5.41, 5.74) is 12.8. The Hall–Kier alpha value is -3.51. The average molecular weight is 356 g/mol. The molecule has 25 heavy (non-hydrogen) atoms. The van der Waals surface area contributed by atoms with Gasteiger partial charge in [-0.3, -0.25) is 35.1 Å². The molecule has 0 saturated carbocycles. The van der Waals surface area contributed by atoms with Gasteiger partial charge in [0, 0.05) is 23.5 Å². The van der Waals surface area contributed by atoms with Crippen LogP contribution in [0.2, 0.25) is 0 Å². The molecule has 0 saturated heterocycles. The molecule has 13 heteroatoms. The normalized spacial score (nSPS) is 10.9. The van der Waals surface area contributed by atoms with Crippen molar-refractivity contribution in [2.75, 3.05) is 16.8 Å². The molecular weight excluding hydrogens is 340 g/mol. The molecule has 0 aliphatic heterocycles. The number of hydrogen-bond acceptors (Lipinski definition) is 9. The van der Waals surface area contributed by atoms with Gasteiger partial charge in [-0.15, -0.1) is 0 Å². The summed E-state index contributed by atoms with van der Waals surface area (Å²) in [5, 5.41) is 34.8. The van der Waals surface area contributed by atoms with Crippen LogP contribution in [0.15, 0.2) is 12.1 Å². The third kappa shape index (κ3) is 4.07. The molecular formula is C12H16N6O7. The maximum absolute atomic E-state index is 11.9. The minimum atomic E-state index is -3.57. The number of nitrogens with two attached hydrogens (primary N) is 2. The first-order valence-corrected chi connectivity index (χ1v) is 6.91. The molecule has 1 rings (SSSR count). The van der Waals surface area contributed by atoms with E-state index in [9.17, 15) is 35.1 Å². The first-order valence-electron chi connectivity index (χ1n) is 6.91. The van der Waals surface area contributed by atoms with Crippen molar-refractivity contribution < 1.29 is 19.6 Å². The third-order valence-corrected chi connectivity index (χ3v) is 3.54. The Morgan fingerprint density at radius 1 is 1.12 bits per heavy atom. The highest BCUT2D eigenvalue weighted by Crippen LogP contribution is 2.25. The summed E-state index contributed by atoms with van der Waals surface area (Å²) >= 11 is 0. The van der Waals surface area contributed by atoms with E-state index in [2.05, 4.69) is 5.32 Å². The fourth-order valence-corrected chi connectivity index (χ4v) is 2.06. The Balaban J connectivity index is 2.78. The van der Waals surface area contributed by atoms with Crippen LogP contribution in [0.25, 0.3) is 0 Å². The van der Waals surface area contributed by atoms with Crippen molar-refractivity contribution in [1.82, 2.24) is 0 Å². The average Bonchev–Trinajstić information content (AvgIpc) is 2.47. The van der Waals surface area contributed by atoms with Crippen LogP contribution in [0.4, 0.5) is 17.1 Å². The van der Waals surface area contributed by atoms with Crippen molar-refractivity contribution in [2.45, 2.75) is 32.0 Å². The maximum atomic E-state index is 11.9. The van der Waals surface area contributed by atoms with Gasteiger partial charge in [0.2, 0.25) is 5.91 Å². The Morgan fingerprint density at radius 2 is 1.64 bits per heavy atom. The molecule has 0 fully saturated rings. The van der Waals surface area contributed by atoms with Gasteiger partial charge in [-0.2, -0.15) is 0 Å². The summed E-state index contributed by atoms with van der Waals surface area (Å²) in [6, 6.07) is 2.93. The van der Waals surface area contributed by atoms with Crippen LogP contribution in [0.3, 0.4) is 0 Å². The van der Waals surface area contributed by atoms with Crippen molar-refractivity contribution in [3.8, 4) is 0 Å². The van der Waals surface area contributed by atoms with Gasteiger partial charge >= 0.3 is 5.79 Å². The lowest BCUT2D eigenvalue weighted by atomic mass is 10.1. The lowest BCUT2D eigenvalue weighted by Gasteiger charge is -2.12. The van der Waals surface area contributed by atoms with Gasteiger partial charge in [-0.1, -0.05) is 0 Å². The number of carbonyl (C=O) groups excluding carboxylic acids is 1. The van der Waals surface area contributed by atoms with Crippen molar-refractivity contribution in [2.24, 2.45) is 0 Å². The van der Waals surface area contributed by atoms with Crippen LogP contribution in [0, 0.1) is 37.3 Å². The topological polar surface area (TPSA) is 211 Å². The molecule has 5 N–H and O–H groups in total. The summed E-state index contributed by atoms with van der Waals surface area (Å²) in [6.07, 6.45) is -1.87. The van der Waals surface area contributed by atoms with E-state index >= 15 is 0 Å². The molecule has 0 atom stereocenters. The molecule has 0 unspecified atom stereocenters. The van der Waals surface area contributed by atoms with Crippen LogP contribution < -0.4 is 16.8 Å². The number of benzene rings is 1. The fourth-order valence-electron chi connectivity index (χ4n) is 2.06. The van der Waals surface area contributed by atoms with E-state index in [4.69, 9.17) is 11.5 Å². The number of amides is 1. The first kappa shape index (κ1) is 19.5. The summed E-state index contributed by atoms with van der Waals surface area (Å²) in [7, 11) is 0. The Labute approximate surface area is 140 Å². The SMILES string of the molecule is Cc1c(N)cc(N)cc1NC(=O)CCCC([N+](=O)[O-])([N+](=O)[O-])[N+](=O)[O-]. The zero-order chi connectivity index (χ0) is 19.4. The van der Waals surface area contributed by atoms with Crippen LogP contribution >= 0.6 is 0 Å². The minimum absolute atomic E-state index is 0.299. The minimum Gasteiger partial charge on any atom is -0.399 e. The van der Waals surface area contributed by atoms with E-state index in [-0.39, 0.29) is 0 Å². The molecule has 1 amide bonds. The highest BCUT2D eigenvalue weighted by Gasteiger charge is 2.69. The summed E-state index contributed by atoms with van der Waals surface area (Å²) in [5.74, 6) is -4.21. The molecule has 1 aromatic carbocycles. The van der Waals surface area contributed by atoms with Crippen molar-refractivity contribution in [3.63, 3.8) is 0 Å².